The number of esters is 1. The van der Waals surface area contributed by atoms with Crippen LogP contribution in [0.25, 0.3) is 0 Å². The van der Waals surface area contributed by atoms with Gasteiger partial charge >= 0.3 is 5.97 Å². The van der Waals surface area contributed by atoms with E-state index in [2.05, 4.69) is 25.5 Å². The van der Waals surface area contributed by atoms with Crippen molar-refractivity contribution in [2.24, 2.45) is 5.10 Å². The standard InChI is InChI=1S/C16H18N4O3/c1-10(2)13-8-14(19-18-13)15(21)20-17-9-11-4-6-12(7-5-11)16(22)23-3/h4-10H,1-3H3,(H,18,19)(H,20,21)/b17-9-. The highest BCUT2D eigenvalue weighted by atomic mass is 16.5. The van der Waals surface area contributed by atoms with E-state index in [1.807, 2.05) is 13.8 Å². The highest BCUT2D eigenvalue weighted by Gasteiger charge is 2.11. The molecule has 23 heavy (non-hydrogen) atoms. The molecule has 7 heteroatoms. The highest BCUT2D eigenvalue weighted by Crippen LogP contribution is 2.11. The zero-order valence-corrected chi connectivity index (χ0v) is 13.2. The van der Waals surface area contributed by atoms with Crippen molar-refractivity contribution in [2.75, 3.05) is 7.11 Å². The van der Waals surface area contributed by atoms with Crippen molar-refractivity contribution in [1.29, 1.82) is 0 Å². The molecule has 1 aromatic carbocycles. The van der Waals surface area contributed by atoms with Crippen LogP contribution >= 0.6 is 0 Å². The van der Waals surface area contributed by atoms with E-state index in [0.717, 1.165) is 11.3 Å². The van der Waals surface area contributed by atoms with Crippen LogP contribution in [-0.2, 0) is 4.74 Å². The molecular weight excluding hydrogens is 296 g/mol. The maximum Gasteiger partial charge on any atom is 0.337 e. The van der Waals surface area contributed by atoms with E-state index < -0.39 is 11.9 Å². The van der Waals surface area contributed by atoms with Crippen LogP contribution in [0.2, 0.25) is 0 Å². The minimum Gasteiger partial charge on any atom is -0.465 e. The molecule has 0 unspecified atom stereocenters. The van der Waals surface area contributed by atoms with Gasteiger partial charge in [-0.1, -0.05) is 26.0 Å². The first-order chi connectivity index (χ1) is 11.0. The number of nitrogens with zero attached hydrogens (tertiary/aromatic N) is 2. The number of carbonyl (C=O) groups excluding carboxylic acids is 2. The van der Waals surface area contributed by atoms with Crippen LogP contribution in [0.4, 0.5) is 0 Å². The maximum atomic E-state index is 11.9. The van der Waals surface area contributed by atoms with Crippen LogP contribution < -0.4 is 5.43 Å². The second-order valence-corrected chi connectivity index (χ2v) is 5.18. The van der Waals surface area contributed by atoms with E-state index in [0.29, 0.717) is 5.56 Å². The fourth-order valence-electron chi connectivity index (χ4n) is 1.79. The van der Waals surface area contributed by atoms with Gasteiger partial charge in [-0.15, -0.1) is 0 Å². The number of hydrogen-bond donors (Lipinski definition) is 2. The molecule has 7 nitrogen and oxygen atoms in total. The highest BCUT2D eigenvalue weighted by molar-refractivity contribution is 5.93. The van der Waals surface area contributed by atoms with E-state index in [4.69, 9.17) is 0 Å². The van der Waals surface area contributed by atoms with Crippen molar-refractivity contribution >= 4 is 18.1 Å². The first-order valence-electron chi connectivity index (χ1n) is 7.08. The largest absolute Gasteiger partial charge is 0.465 e. The van der Waals surface area contributed by atoms with E-state index in [-0.39, 0.29) is 11.6 Å². The third kappa shape index (κ3) is 4.26. The van der Waals surface area contributed by atoms with E-state index in [1.54, 1.807) is 30.3 Å². The lowest BCUT2D eigenvalue weighted by Gasteiger charge is -1.99. The SMILES string of the molecule is COC(=O)c1ccc(/C=N\NC(=O)c2cc(C(C)C)[nH]n2)cc1. The summed E-state index contributed by atoms with van der Waals surface area (Å²) in [5, 5.41) is 10.6. The van der Waals surface area contributed by atoms with Gasteiger partial charge in [0, 0.05) is 5.69 Å². The molecule has 2 rings (SSSR count). The molecule has 0 aliphatic heterocycles. The van der Waals surface area contributed by atoms with Gasteiger partial charge in [0.25, 0.3) is 5.91 Å². The van der Waals surface area contributed by atoms with Gasteiger partial charge in [-0.05, 0) is 29.7 Å². The van der Waals surface area contributed by atoms with Crippen molar-refractivity contribution < 1.29 is 14.3 Å². The number of amides is 1. The quantitative estimate of drug-likeness (QED) is 0.501. The molecule has 0 fully saturated rings. The maximum absolute atomic E-state index is 11.9. The lowest BCUT2D eigenvalue weighted by molar-refractivity contribution is 0.0600. The van der Waals surface area contributed by atoms with Gasteiger partial charge in [-0.2, -0.15) is 10.2 Å². The van der Waals surface area contributed by atoms with Gasteiger partial charge in [0.05, 0.1) is 18.9 Å². The summed E-state index contributed by atoms with van der Waals surface area (Å²) in [4.78, 5) is 23.2. The minimum absolute atomic E-state index is 0.265. The lowest BCUT2D eigenvalue weighted by atomic mass is 10.1. The Labute approximate surface area is 133 Å². The molecule has 2 aromatic rings. The molecule has 0 saturated carbocycles. The predicted octanol–water partition coefficient (Wildman–Crippen LogP) is 2.08. The van der Waals surface area contributed by atoms with Crippen LogP contribution in [0.1, 0.15) is 51.9 Å². The number of methoxy groups -OCH3 is 1. The smallest absolute Gasteiger partial charge is 0.337 e. The Hall–Kier alpha value is -2.96. The summed E-state index contributed by atoms with van der Waals surface area (Å²) in [6.45, 7) is 4.01. The average Bonchev–Trinajstić information content (AvgIpc) is 3.05. The molecule has 0 atom stereocenters. The first-order valence-corrected chi connectivity index (χ1v) is 7.08. The number of nitrogens with one attached hydrogen (secondary N) is 2. The van der Waals surface area contributed by atoms with Crippen LogP contribution in [0, 0.1) is 0 Å². The van der Waals surface area contributed by atoms with Gasteiger partial charge in [-0.3, -0.25) is 9.89 Å². The van der Waals surface area contributed by atoms with Gasteiger partial charge in [0.15, 0.2) is 5.69 Å². The van der Waals surface area contributed by atoms with Crippen molar-refractivity contribution in [1.82, 2.24) is 15.6 Å². The Morgan fingerprint density at radius 3 is 2.57 bits per heavy atom. The number of carbonyl (C=O) groups is 2. The van der Waals surface area contributed by atoms with Gasteiger partial charge in [0.2, 0.25) is 0 Å². The fourth-order valence-corrected chi connectivity index (χ4v) is 1.79. The average molecular weight is 314 g/mol. The Bertz CT molecular complexity index is 717. The minimum atomic E-state index is -0.402. The van der Waals surface area contributed by atoms with Crippen molar-refractivity contribution in [3.05, 3.63) is 52.8 Å². The lowest BCUT2D eigenvalue weighted by Crippen LogP contribution is -2.18. The number of aromatic nitrogens is 2. The number of benzene rings is 1. The summed E-state index contributed by atoms with van der Waals surface area (Å²) >= 11 is 0. The topological polar surface area (TPSA) is 96.4 Å². The van der Waals surface area contributed by atoms with Gasteiger partial charge in [-0.25, -0.2) is 10.2 Å². The van der Waals surface area contributed by atoms with E-state index in [1.165, 1.54) is 13.3 Å². The molecule has 0 spiro atoms. The van der Waals surface area contributed by atoms with E-state index in [9.17, 15) is 9.59 Å². The predicted molar refractivity (Wildman–Crippen MR) is 85.5 cm³/mol. The number of hydrogen-bond acceptors (Lipinski definition) is 5. The molecule has 1 amide bonds. The van der Waals surface area contributed by atoms with Crippen LogP contribution in [0.15, 0.2) is 35.4 Å². The van der Waals surface area contributed by atoms with Crippen molar-refractivity contribution in [2.45, 2.75) is 19.8 Å². The van der Waals surface area contributed by atoms with Crippen molar-refractivity contribution in [3.63, 3.8) is 0 Å². The molecule has 0 bridgehead atoms. The molecule has 0 aliphatic rings. The summed E-state index contributed by atoms with van der Waals surface area (Å²) in [5.74, 6) is -0.530. The number of H-pyrrole nitrogens is 1. The molecule has 120 valence electrons. The van der Waals surface area contributed by atoms with Crippen LogP contribution in [0.5, 0.6) is 0 Å². The summed E-state index contributed by atoms with van der Waals surface area (Å²) in [7, 11) is 1.33. The first kappa shape index (κ1) is 16.4. The number of aromatic amines is 1. The number of ether oxygens (including phenoxy) is 1. The molecule has 0 saturated heterocycles. The molecule has 0 aliphatic carbocycles. The Morgan fingerprint density at radius 1 is 1.30 bits per heavy atom. The summed E-state index contributed by atoms with van der Waals surface area (Å²) in [5.41, 5.74) is 4.76. The second-order valence-electron chi connectivity index (χ2n) is 5.18. The van der Waals surface area contributed by atoms with Gasteiger partial charge in [0.1, 0.15) is 0 Å². The number of rotatable bonds is 5. The Kier molecular flexibility index (Phi) is 5.24. The molecular formula is C16H18N4O3. The summed E-state index contributed by atoms with van der Waals surface area (Å²) < 4.78 is 4.62. The van der Waals surface area contributed by atoms with Crippen LogP contribution in [-0.4, -0.2) is 35.4 Å². The summed E-state index contributed by atoms with van der Waals surface area (Å²) in [6, 6.07) is 8.34. The Balaban J connectivity index is 1.95. The molecule has 0 radical (unpaired) electrons. The summed E-state index contributed by atoms with van der Waals surface area (Å²) in [6.07, 6.45) is 1.48. The van der Waals surface area contributed by atoms with Crippen LogP contribution in [0.3, 0.4) is 0 Å². The third-order valence-corrected chi connectivity index (χ3v) is 3.16. The monoisotopic (exact) mass is 314 g/mol. The second kappa shape index (κ2) is 7.35. The molecule has 1 aromatic heterocycles. The zero-order chi connectivity index (χ0) is 16.8. The number of hydrazone groups is 1. The third-order valence-electron chi connectivity index (χ3n) is 3.16. The molecule has 1 heterocycles. The Morgan fingerprint density at radius 2 is 2.00 bits per heavy atom. The molecule has 2 N–H and O–H groups in total. The van der Waals surface area contributed by atoms with Crippen molar-refractivity contribution in [3.8, 4) is 0 Å². The fraction of sp³-hybridized carbons (Fsp3) is 0.250. The van der Waals surface area contributed by atoms with E-state index >= 15 is 0 Å². The zero-order valence-electron chi connectivity index (χ0n) is 13.2. The normalized spacial score (nSPS) is 11.0. The van der Waals surface area contributed by atoms with Gasteiger partial charge < -0.3 is 4.74 Å².